The Morgan fingerprint density at radius 2 is 1.43 bits per heavy atom. The molecule has 1 aliphatic heterocycles. The molecule has 0 spiro atoms. The van der Waals surface area contributed by atoms with Gasteiger partial charge in [-0.25, -0.2) is 0 Å². The van der Waals surface area contributed by atoms with Gasteiger partial charge in [-0.3, -0.25) is 9.59 Å². The third-order valence-corrected chi connectivity index (χ3v) is 8.11. The smallest absolute Gasteiger partial charge is 0.255 e. The minimum atomic E-state index is -0.351. The van der Waals surface area contributed by atoms with Crippen LogP contribution in [-0.4, -0.2) is 45.1 Å². The highest BCUT2D eigenvalue weighted by molar-refractivity contribution is 6.42. The highest BCUT2D eigenvalue weighted by Gasteiger charge is 2.25. The number of hydrogen-bond acceptors (Lipinski definition) is 5. The predicted molar refractivity (Wildman–Crippen MR) is 171 cm³/mol. The molecule has 0 radical (unpaired) electrons. The second-order valence-corrected chi connectivity index (χ2v) is 10.9. The summed E-state index contributed by atoms with van der Waals surface area (Å²) in [5.74, 6) is 0.262. The number of nitrogens with one attached hydrogen (secondary N) is 2. The molecule has 1 unspecified atom stereocenters. The number of ether oxygens (including phenoxy) is 1. The van der Waals surface area contributed by atoms with Crippen LogP contribution in [0.5, 0.6) is 5.75 Å². The van der Waals surface area contributed by atoms with Crippen molar-refractivity contribution < 1.29 is 14.3 Å². The van der Waals surface area contributed by atoms with E-state index in [1.54, 1.807) is 25.3 Å². The predicted octanol–water partition coefficient (Wildman–Crippen LogP) is 7.07. The van der Waals surface area contributed by atoms with Crippen LogP contribution in [-0.2, 0) is 0 Å². The number of methoxy groups -OCH3 is 1. The summed E-state index contributed by atoms with van der Waals surface area (Å²) in [6.45, 7) is 4.90. The summed E-state index contributed by atoms with van der Waals surface area (Å²) < 4.78 is 5.57. The molecule has 1 aliphatic rings. The Balaban J connectivity index is 1.39. The van der Waals surface area contributed by atoms with Gasteiger partial charge in [-0.15, -0.1) is 0 Å². The highest BCUT2D eigenvalue weighted by atomic mass is 35.5. The minimum absolute atomic E-state index is 0.205. The molecule has 42 heavy (non-hydrogen) atoms. The molecule has 4 aromatic carbocycles. The second kappa shape index (κ2) is 13.2. The summed E-state index contributed by atoms with van der Waals surface area (Å²) >= 11 is 12.1. The third-order valence-electron chi connectivity index (χ3n) is 7.37. The van der Waals surface area contributed by atoms with Crippen LogP contribution in [0.2, 0.25) is 10.0 Å². The molecule has 1 fully saturated rings. The van der Waals surface area contributed by atoms with E-state index in [4.69, 9.17) is 27.9 Å². The van der Waals surface area contributed by atoms with Gasteiger partial charge in [0.1, 0.15) is 5.75 Å². The zero-order valence-corrected chi connectivity index (χ0v) is 25.0. The fraction of sp³-hybridized carbons (Fsp3) is 0.212. The first-order chi connectivity index (χ1) is 20.3. The van der Waals surface area contributed by atoms with Crippen LogP contribution in [0.3, 0.4) is 0 Å². The van der Waals surface area contributed by atoms with E-state index in [1.807, 2.05) is 67.6 Å². The third kappa shape index (κ3) is 6.64. The van der Waals surface area contributed by atoms with Gasteiger partial charge >= 0.3 is 0 Å². The topological polar surface area (TPSA) is 73.9 Å². The van der Waals surface area contributed by atoms with E-state index in [0.29, 0.717) is 39.9 Å². The largest absolute Gasteiger partial charge is 0.495 e. The van der Waals surface area contributed by atoms with E-state index in [2.05, 4.69) is 26.5 Å². The Labute approximate surface area is 256 Å². The molecule has 1 saturated heterocycles. The van der Waals surface area contributed by atoms with Gasteiger partial charge in [0.25, 0.3) is 11.8 Å². The van der Waals surface area contributed by atoms with Crippen molar-refractivity contribution in [3.63, 3.8) is 0 Å². The van der Waals surface area contributed by atoms with Crippen LogP contribution < -0.4 is 25.2 Å². The van der Waals surface area contributed by atoms with Gasteiger partial charge in [0, 0.05) is 43.1 Å². The van der Waals surface area contributed by atoms with Gasteiger partial charge in [-0.1, -0.05) is 65.7 Å². The standard InChI is InChI=1S/C33H32Cl2N4O3/c1-22(23-8-4-3-5-9-23)36-33(41)26-21-25(37-32(40)24-12-14-27(34)28(35)20-24)13-15-29(26)38-16-18-39(19-17-38)30-10-6-7-11-31(30)42-2/h3-15,20-22H,16-19H2,1-2H3,(H,36,41)(H,37,40). The van der Waals surface area contributed by atoms with Gasteiger partial charge in [0.05, 0.1) is 34.4 Å². The summed E-state index contributed by atoms with van der Waals surface area (Å²) in [6.07, 6.45) is 0. The Bertz CT molecular complexity index is 1570. The molecule has 0 aliphatic carbocycles. The quantitative estimate of drug-likeness (QED) is 0.225. The second-order valence-electron chi connectivity index (χ2n) is 10.1. The van der Waals surface area contributed by atoms with Gasteiger partial charge in [0.15, 0.2) is 0 Å². The van der Waals surface area contributed by atoms with Crippen molar-refractivity contribution >= 4 is 52.1 Å². The van der Waals surface area contributed by atoms with Crippen molar-refractivity contribution in [1.29, 1.82) is 0 Å². The van der Waals surface area contributed by atoms with Crippen molar-refractivity contribution in [2.45, 2.75) is 13.0 Å². The number of para-hydroxylation sites is 2. The Morgan fingerprint density at radius 1 is 0.762 bits per heavy atom. The van der Waals surface area contributed by atoms with E-state index in [0.717, 1.165) is 35.8 Å². The summed E-state index contributed by atoms with van der Waals surface area (Å²) in [4.78, 5) is 31.2. The van der Waals surface area contributed by atoms with Crippen LogP contribution in [0.15, 0.2) is 91.0 Å². The van der Waals surface area contributed by atoms with Gasteiger partial charge in [-0.2, -0.15) is 0 Å². The Kier molecular flexibility index (Phi) is 9.20. The maximum atomic E-state index is 13.7. The van der Waals surface area contributed by atoms with Crippen molar-refractivity contribution in [3.05, 3.63) is 118 Å². The molecule has 0 aromatic heterocycles. The molecule has 0 saturated carbocycles. The van der Waals surface area contributed by atoms with Crippen molar-refractivity contribution in [2.24, 2.45) is 0 Å². The molecule has 9 heteroatoms. The first-order valence-electron chi connectivity index (χ1n) is 13.7. The Hall–Kier alpha value is -4.20. The lowest BCUT2D eigenvalue weighted by Crippen LogP contribution is -2.47. The van der Waals surface area contributed by atoms with E-state index in [1.165, 1.54) is 6.07 Å². The van der Waals surface area contributed by atoms with Crippen LogP contribution in [0.25, 0.3) is 0 Å². The summed E-state index contributed by atoms with van der Waals surface area (Å²) in [5, 5.41) is 6.69. The molecular weight excluding hydrogens is 571 g/mol. The lowest BCUT2D eigenvalue weighted by atomic mass is 10.1. The fourth-order valence-electron chi connectivity index (χ4n) is 5.09. The number of anilines is 3. The number of benzene rings is 4. The number of hydrogen-bond donors (Lipinski definition) is 2. The SMILES string of the molecule is COc1ccccc1N1CCN(c2ccc(NC(=O)c3ccc(Cl)c(Cl)c3)cc2C(=O)NC(C)c2ccccc2)CC1. The molecule has 2 N–H and O–H groups in total. The van der Waals surface area contributed by atoms with Crippen LogP contribution in [0, 0.1) is 0 Å². The summed E-state index contributed by atoms with van der Waals surface area (Å²) in [7, 11) is 1.68. The van der Waals surface area contributed by atoms with Crippen molar-refractivity contribution in [3.8, 4) is 5.75 Å². The molecule has 5 rings (SSSR count). The van der Waals surface area contributed by atoms with Gasteiger partial charge < -0.3 is 25.2 Å². The number of amides is 2. The number of rotatable bonds is 8. The fourth-order valence-corrected chi connectivity index (χ4v) is 5.39. The molecule has 1 heterocycles. The maximum Gasteiger partial charge on any atom is 0.255 e. The molecular formula is C33H32Cl2N4O3. The average molecular weight is 604 g/mol. The number of carbonyl (C=O) groups is 2. The highest BCUT2D eigenvalue weighted by Crippen LogP contribution is 2.31. The normalized spacial score (nSPS) is 13.8. The van der Waals surface area contributed by atoms with Gasteiger partial charge in [0.2, 0.25) is 0 Å². The number of carbonyl (C=O) groups excluding carboxylic acids is 2. The molecule has 0 bridgehead atoms. The monoisotopic (exact) mass is 602 g/mol. The number of piperazine rings is 1. The molecule has 7 nitrogen and oxygen atoms in total. The van der Waals surface area contributed by atoms with Crippen LogP contribution >= 0.6 is 23.2 Å². The zero-order chi connectivity index (χ0) is 29.6. The van der Waals surface area contributed by atoms with E-state index in [-0.39, 0.29) is 17.9 Å². The lowest BCUT2D eigenvalue weighted by Gasteiger charge is -2.38. The maximum absolute atomic E-state index is 13.7. The molecule has 2 amide bonds. The average Bonchev–Trinajstić information content (AvgIpc) is 3.02. The molecule has 1 atom stereocenters. The first kappa shape index (κ1) is 29.3. The Morgan fingerprint density at radius 3 is 2.12 bits per heavy atom. The van der Waals surface area contributed by atoms with E-state index >= 15 is 0 Å². The van der Waals surface area contributed by atoms with Crippen molar-refractivity contribution in [1.82, 2.24) is 5.32 Å². The van der Waals surface area contributed by atoms with E-state index in [9.17, 15) is 9.59 Å². The minimum Gasteiger partial charge on any atom is -0.495 e. The first-order valence-corrected chi connectivity index (χ1v) is 14.5. The number of halogens is 2. The zero-order valence-electron chi connectivity index (χ0n) is 23.4. The van der Waals surface area contributed by atoms with Crippen molar-refractivity contribution in [2.75, 3.05) is 48.4 Å². The van der Waals surface area contributed by atoms with Crippen LogP contribution in [0.4, 0.5) is 17.1 Å². The lowest BCUT2D eigenvalue weighted by molar-refractivity contribution is 0.0939. The van der Waals surface area contributed by atoms with E-state index < -0.39 is 0 Å². The number of nitrogens with zero attached hydrogens (tertiary/aromatic N) is 2. The summed E-state index contributed by atoms with van der Waals surface area (Å²) in [6, 6.07) is 27.7. The molecule has 4 aromatic rings. The summed E-state index contributed by atoms with van der Waals surface area (Å²) in [5.41, 5.74) is 4.21. The molecule has 216 valence electrons. The van der Waals surface area contributed by atoms with Gasteiger partial charge in [-0.05, 0) is 61.0 Å². The van der Waals surface area contributed by atoms with Crippen LogP contribution in [0.1, 0.15) is 39.2 Å².